The van der Waals surface area contributed by atoms with Gasteiger partial charge in [0, 0.05) is 14.2 Å². The predicted molar refractivity (Wildman–Crippen MR) is 55.1 cm³/mol. The first-order chi connectivity index (χ1) is 8.41. The number of rotatable bonds is 9. The summed E-state index contributed by atoms with van der Waals surface area (Å²) < 4.78 is 55.7. The van der Waals surface area contributed by atoms with E-state index in [2.05, 4.69) is 14.2 Å². The molecule has 0 aromatic carbocycles. The largest absolute Gasteiger partial charge is 0.450 e. The van der Waals surface area contributed by atoms with Gasteiger partial charge < -0.3 is 18.9 Å². The minimum Gasteiger partial charge on any atom is -0.450 e. The van der Waals surface area contributed by atoms with Crippen LogP contribution in [0.4, 0.5) is 13.2 Å². The summed E-state index contributed by atoms with van der Waals surface area (Å²) in [6, 6.07) is 0. The van der Waals surface area contributed by atoms with Crippen molar-refractivity contribution in [1.29, 1.82) is 0 Å². The summed E-state index contributed by atoms with van der Waals surface area (Å²) in [6.45, 7) is -0.569. The number of methoxy groups -OCH3 is 2. The number of carbonyl (C=O) groups is 1. The molecule has 0 aliphatic heterocycles. The molecule has 0 spiro atoms. The second kappa shape index (κ2) is 9.12. The van der Waals surface area contributed by atoms with Crippen molar-refractivity contribution in [3.63, 3.8) is 0 Å². The van der Waals surface area contributed by atoms with Crippen molar-refractivity contribution in [2.45, 2.75) is 18.7 Å². The molecule has 0 saturated carbocycles. The number of hydrogen-bond acceptors (Lipinski definition) is 5. The van der Waals surface area contributed by atoms with Crippen molar-refractivity contribution >= 4 is 5.97 Å². The third-order valence-corrected chi connectivity index (χ3v) is 1.85. The maximum atomic E-state index is 12.5. The number of ether oxygens (including phenoxy) is 4. The van der Waals surface area contributed by atoms with Gasteiger partial charge in [-0.25, -0.2) is 0 Å². The van der Waals surface area contributed by atoms with E-state index in [1.54, 1.807) is 0 Å². The molecule has 0 bridgehead atoms. The molecule has 0 fully saturated rings. The fourth-order valence-electron chi connectivity index (χ4n) is 0.931. The highest BCUT2D eigenvalue weighted by atomic mass is 19.4. The van der Waals surface area contributed by atoms with E-state index in [9.17, 15) is 18.0 Å². The molecule has 0 saturated heterocycles. The highest BCUT2D eigenvalue weighted by molar-refractivity contribution is 5.69. The number of halogens is 3. The minimum absolute atomic E-state index is 0.00129. The van der Waals surface area contributed by atoms with Gasteiger partial charge in [0.25, 0.3) is 0 Å². The first kappa shape index (κ1) is 17.1. The summed E-state index contributed by atoms with van der Waals surface area (Å²) in [5.41, 5.74) is 0. The average molecular weight is 274 g/mol. The second-order valence-electron chi connectivity index (χ2n) is 3.33. The van der Waals surface area contributed by atoms with Crippen LogP contribution in [0.1, 0.15) is 6.42 Å². The van der Waals surface area contributed by atoms with Crippen LogP contribution in [0.25, 0.3) is 0 Å². The maximum absolute atomic E-state index is 12.5. The van der Waals surface area contributed by atoms with Crippen LogP contribution < -0.4 is 0 Å². The Kier molecular flexibility index (Phi) is 8.69. The standard InChI is InChI=1S/C10H17F3O5/c1-15-4-3-9(14)18-8(10(11,12)13)7-17-6-5-16-2/h8H,3-7H2,1-2H3. The Hall–Kier alpha value is -0.860. The van der Waals surface area contributed by atoms with Gasteiger partial charge in [0.05, 0.1) is 32.8 Å². The van der Waals surface area contributed by atoms with Crippen LogP contribution in [0.5, 0.6) is 0 Å². The molecule has 0 radical (unpaired) electrons. The zero-order valence-electron chi connectivity index (χ0n) is 10.3. The first-order valence-electron chi connectivity index (χ1n) is 5.23. The molecule has 0 heterocycles. The summed E-state index contributed by atoms with van der Waals surface area (Å²) in [5.74, 6) is -0.977. The molecule has 0 amide bonds. The van der Waals surface area contributed by atoms with Crippen molar-refractivity contribution < 1.29 is 36.9 Å². The van der Waals surface area contributed by atoms with E-state index in [-0.39, 0.29) is 26.2 Å². The van der Waals surface area contributed by atoms with Gasteiger partial charge in [0.15, 0.2) is 0 Å². The van der Waals surface area contributed by atoms with E-state index in [1.807, 2.05) is 0 Å². The highest BCUT2D eigenvalue weighted by Crippen LogP contribution is 2.23. The molecule has 0 aromatic heterocycles. The molecule has 0 N–H and O–H groups in total. The topological polar surface area (TPSA) is 54.0 Å². The Morgan fingerprint density at radius 2 is 1.72 bits per heavy atom. The van der Waals surface area contributed by atoms with E-state index in [0.29, 0.717) is 0 Å². The van der Waals surface area contributed by atoms with E-state index >= 15 is 0 Å². The van der Waals surface area contributed by atoms with Crippen LogP contribution >= 0.6 is 0 Å². The number of carbonyl (C=O) groups excluding carboxylic acids is 1. The van der Waals surface area contributed by atoms with Crippen LogP contribution in [-0.2, 0) is 23.7 Å². The normalized spacial score (nSPS) is 13.4. The van der Waals surface area contributed by atoms with Crippen molar-refractivity contribution in [3.8, 4) is 0 Å². The lowest BCUT2D eigenvalue weighted by Gasteiger charge is -2.20. The molecule has 1 atom stereocenters. The van der Waals surface area contributed by atoms with E-state index in [1.165, 1.54) is 14.2 Å². The number of hydrogen-bond donors (Lipinski definition) is 0. The van der Waals surface area contributed by atoms with Gasteiger partial charge in [-0.1, -0.05) is 0 Å². The van der Waals surface area contributed by atoms with Crippen molar-refractivity contribution in [1.82, 2.24) is 0 Å². The van der Waals surface area contributed by atoms with Crippen LogP contribution in [0.2, 0.25) is 0 Å². The van der Waals surface area contributed by atoms with E-state index in [4.69, 9.17) is 4.74 Å². The Morgan fingerprint density at radius 3 is 2.22 bits per heavy atom. The lowest BCUT2D eigenvalue weighted by molar-refractivity contribution is -0.233. The lowest BCUT2D eigenvalue weighted by Crippen LogP contribution is -2.38. The van der Waals surface area contributed by atoms with Gasteiger partial charge in [0.2, 0.25) is 6.10 Å². The molecular weight excluding hydrogens is 257 g/mol. The Bertz CT molecular complexity index is 232. The lowest BCUT2D eigenvalue weighted by atomic mass is 10.3. The highest BCUT2D eigenvalue weighted by Gasteiger charge is 2.43. The fraction of sp³-hybridized carbons (Fsp3) is 0.900. The Morgan fingerprint density at radius 1 is 1.11 bits per heavy atom. The van der Waals surface area contributed by atoms with Crippen LogP contribution in [0.15, 0.2) is 0 Å². The summed E-state index contributed by atoms with van der Waals surface area (Å²) in [6.07, 6.45) is -7.16. The van der Waals surface area contributed by atoms with Gasteiger partial charge in [-0.15, -0.1) is 0 Å². The van der Waals surface area contributed by atoms with Gasteiger partial charge in [-0.05, 0) is 0 Å². The van der Waals surface area contributed by atoms with Gasteiger partial charge in [0.1, 0.15) is 0 Å². The third-order valence-electron chi connectivity index (χ3n) is 1.85. The average Bonchev–Trinajstić information content (AvgIpc) is 2.29. The molecule has 0 aliphatic rings. The molecular formula is C10H17F3O5. The third kappa shape index (κ3) is 8.26. The smallest absolute Gasteiger partial charge is 0.427 e. The van der Waals surface area contributed by atoms with Gasteiger partial charge in [-0.2, -0.15) is 13.2 Å². The van der Waals surface area contributed by atoms with Crippen molar-refractivity contribution in [2.75, 3.05) is 40.6 Å². The summed E-state index contributed by atoms with van der Waals surface area (Å²) in [5, 5.41) is 0. The van der Waals surface area contributed by atoms with Crippen LogP contribution in [0.3, 0.4) is 0 Å². The van der Waals surface area contributed by atoms with E-state index < -0.39 is 24.9 Å². The van der Waals surface area contributed by atoms with Gasteiger partial charge in [-0.3, -0.25) is 4.79 Å². The van der Waals surface area contributed by atoms with Crippen molar-refractivity contribution in [3.05, 3.63) is 0 Å². The molecule has 0 aliphatic carbocycles. The summed E-state index contributed by atoms with van der Waals surface area (Å²) >= 11 is 0. The zero-order valence-corrected chi connectivity index (χ0v) is 10.3. The minimum atomic E-state index is -4.66. The second-order valence-corrected chi connectivity index (χ2v) is 3.33. The zero-order chi connectivity index (χ0) is 14.0. The molecule has 5 nitrogen and oxygen atoms in total. The van der Waals surface area contributed by atoms with E-state index in [0.717, 1.165) is 0 Å². The Balaban J connectivity index is 4.11. The summed E-state index contributed by atoms with van der Waals surface area (Å²) in [4.78, 5) is 11.1. The molecule has 8 heteroatoms. The maximum Gasteiger partial charge on any atom is 0.427 e. The SMILES string of the molecule is COCCOCC(OC(=O)CCOC)C(F)(F)F. The monoisotopic (exact) mass is 274 g/mol. The number of esters is 1. The van der Waals surface area contributed by atoms with Crippen LogP contribution in [-0.4, -0.2) is 58.9 Å². The predicted octanol–water partition coefficient (Wildman–Crippen LogP) is 1.16. The fourth-order valence-corrected chi connectivity index (χ4v) is 0.931. The first-order valence-corrected chi connectivity index (χ1v) is 5.23. The quantitative estimate of drug-likeness (QED) is 0.466. The summed E-state index contributed by atoms with van der Waals surface area (Å²) in [7, 11) is 2.73. The molecule has 1 unspecified atom stereocenters. The Labute approximate surface area is 103 Å². The molecule has 18 heavy (non-hydrogen) atoms. The molecule has 108 valence electrons. The van der Waals surface area contributed by atoms with Crippen molar-refractivity contribution in [2.24, 2.45) is 0 Å². The van der Waals surface area contributed by atoms with Gasteiger partial charge >= 0.3 is 12.1 Å². The molecule has 0 rings (SSSR count). The van der Waals surface area contributed by atoms with Crippen LogP contribution in [0, 0.1) is 0 Å². The number of alkyl halides is 3. The molecule has 0 aromatic rings.